The van der Waals surface area contributed by atoms with Crippen molar-refractivity contribution in [1.29, 1.82) is 0 Å². The van der Waals surface area contributed by atoms with Crippen molar-refractivity contribution < 1.29 is 14.6 Å². The molecule has 0 radical (unpaired) electrons. The van der Waals surface area contributed by atoms with Crippen molar-refractivity contribution in [3.05, 3.63) is 22.7 Å². The topological polar surface area (TPSA) is 50.7 Å². The van der Waals surface area contributed by atoms with Gasteiger partial charge in [0.2, 0.25) is 6.79 Å². The standard InChI is InChI=1S/C13H18ClNO3/c1-8(3-9(2)16)15-6-10-4-11(14)13-12(5-10)17-7-18-13/h4-5,8-9,15-16H,3,6-7H2,1-2H3. The minimum Gasteiger partial charge on any atom is -0.454 e. The fraction of sp³-hybridized carbons (Fsp3) is 0.538. The zero-order chi connectivity index (χ0) is 13.1. The van der Waals surface area contributed by atoms with Crippen LogP contribution in [0.25, 0.3) is 0 Å². The fourth-order valence-corrected chi connectivity index (χ4v) is 2.30. The number of ether oxygens (including phenoxy) is 2. The van der Waals surface area contributed by atoms with Crippen LogP contribution in [0.15, 0.2) is 12.1 Å². The Morgan fingerprint density at radius 2 is 2.17 bits per heavy atom. The van der Waals surface area contributed by atoms with E-state index in [-0.39, 0.29) is 18.9 Å². The average Bonchev–Trinajstić information content (AvgIpc) is 2.74. The Morgan fingerprint density at radius 3 is 2.89 bits per heavy atom. The summed E-state index contributed by atoms with van der Waals surface area (Å²) in [6.07, 6.45) is 0.422. The number of rotatable bonds is 5. The first-order chi connectivity index (χ1) is 8.56. The van der Waals surface area contributed by atoms with Crippen molar-refractivity contribution in [1.82, 2.24) is 5.32 Å². The maximum absolute atomic E-state index is 9.29. The Balaban J connectivity index is 1.96. The number of aliphatic hydroxyl groups is 1. The van der Waals surface area contributed by atoms with Crippen molar-refractivity contribution in [2.75, 3.05) is 6.79 Å². The molecule has 1 aromatic carbocycles. The van der Waals surface area contributed by atoms with Crippen LogP contribution < -0.4 is 14.8 Å². The minimum absolute atomic E-state index is 0.227. The van der Waals surface area contributed by atoms with Crippen molar-refractivity contribution in [3.8, 4) is 11.5 Å². The summed E-state index contributed by atoms with van der Waals surface area (Å²) in [5, 5.41) is 13.2. The molecule has 1 aromatic rings. The molecular weight excluding hydrogens is 254 g/mol. The van der Waals surface area contributed by atoms with E-state index in [1.54, 1.807) is 6.92 Å². The maximum atomic E-state index is 9.29. The van der Waals surface area contributed by atoms with Gasteiger partial charge in [-0.05, 0) is 38.0 Å². The maximum Gasteiger partial charge on any atom is 0.231 e. The van der Waals surface area contributed by atoms with E-state index >= 15 is 0 Å². The Morgan fingerprint density at radius 1 is 1.39 bits per heavy atom. The summed E-state index contributed by atoms with van der Waals surface area (Å²) in [7, 11) is 0. The third kappa shape index (κ3) is 3.28. The summed E-state index contributed by atoms with van der Waals surface area (Å²) in [6, 6.07) is 4.04. The molecule has 0 spiro atoms. The summed E-state index contributed by atoms with van der Waals surface area (Å²) in [6.45, 7) is 4.74. The summed E-state index contributed by atoms with van der Waals surface area (Å²) in [5.74, 6) is 1.32. The van der Waals surface area contributed by atoms with E-state index in [4.69, 9.17) is 21.1 Å². The van der Waals surface area contributed by atoms with E-state index in [1.165, 1.54) is 0 Å². The van der Waals surface area contributed by atoms with Gasteiger partial charge in [0.05, 0.1) is 11.1 Å². The van der Waals surface area contributed by atoms with Crippen LogP contribution in [0.2, 0.25) is 5.02 Å². The molecule has 0 aliphatic carbocycles. The van der Waals surface area contributed by atoms with Gasteiger partial charge in [0, 0.05) is 12.6 Å². The molecule has 0 saturated carbocycles. The van der Waals surface area contributed by atoms with Crippen LogP contribution in [0.5, 0.6) is 11.5 Å². The van der Waals surface area contributed by atoms with Gasteiger partial charge in [-0.15, -0.1) is 0 Å². The monoisotopic (exact) mass is 271 g/mol. The van der Waals surface area contributed by atoms with Crippen LogP contribution in [0.3, 0.4) is 0 Å². The average molecular weight is 272 g/mol. The smallest absolute Gasteiger partial charge is 0.231 e. The summed E-state index contributed by atoms with van der Waals surface area (Å²) < 4.78 is 10.6. The molecule has 0 fully saturated rings. The largest absolute Gasteiger partial charge is 0.454 e. The molecule has 5 heteroatoms. The highest BCUT2D eigenvalue weighted by Crippen LogP contribution is 2.39. The fourth-order valence-electron chi connectivity index (χ4n) is 2.01. The zero-order valence-electron chi connectivity index (χ0n) is 10.6. The molecule has 18 heavy (non-hydrogen) atoms. The lowest BCUT2D eigenvalue weighted by Crippen LogP contribution is -2.28. The number of benzene rings is 1. The molecular formula is C13H18ClNO3. The van der Waals surface area contributed by atoms with Gasteiger partial charge in [-0.3, -0.25) is 0 Å². The second-order valence-corrected chi connectivity index (χ2v) is 5.09. The number of hydrogen-bond donors (Lipinski definition) is 2. The second-order valence-electron chi connectivity index (χ2n) is 4.68. The molecule has 2 rings (SSSR count). The number of halogens is 1. The van der Waals surface area contributed by atoms with E-state index in [9.17, 15) is 5.11 Å². The van der Waals surface area contributed by atoms with Crippen molar-refractivity contribution in [2.45, 2.75) is 39.0 Å². The quantitative estimate of drug-likeness (QED) is 0.863. The Kier molecular flexibility index (Phi) is 4.32. The van der Waals surface area contributed by atoms with E-state index < -0.39 is 0 Å². The molecule has 100 valence electrons. The van der Waals surface area contributed by atoms with Gasteiger partial charge in [-0.1, -0.05) is 11.6 Å². The predicted molar refractivity (Wildman–Crippen MR) is 70.2 cm³/mol. The number of nitrogens with one attached hydrogen (secondary N) is 1. The molecule has 1 aliphatic heterocycles. The molecule has 2 atom stereocenters. The molecule has 2 N–H and O–H groups in total. The van der Waals surface area contributed by atoms with E-state index in [1.807, 2.05) is 19.1 Å². The first-order valence-corrected chi connectivity index (χ1v) is 6.43. The van der Waals surface area contributed by atoms with E-state index in [0.717, 1.165) is 12.0 Å². The molecule has 0 saturated heterocycles. The van der Waals surface area contributed by atoms with Crippen LogP contribution in [0.1, 0.15) is 25.8 Å². The van der Waals surface area contributed by atoms with Crippen LogP contribution in [0.4, 0.5) is 0 Å². The molecule has 1 heterocycles. The van der Waals surface area contributed by atoms with E-state index in [0.29, 0.717) is 23.1 Å². The summed E-state index contributed by atoms with van der Waals surface area (Å²) in [4.78, 5) is 0. The minimum atomic E-state index is -0.298. The van der Waals surface area contributed by atoms with Crippen LogP contribution in [-0.2, 0) is 6.54 Å². The van der Waals surface area contributed by atoms with Gasteiger partial charge < -0.3 is 19.9 Å². The van der Waals surface area contributed by atoms with Crippen LogP contribution >= 0.6 is 11.6 Å². The highest BCUT2D eigenvalue weighted by atomic mass is 35.5. The van der Waals surface area contributed by atoms with Gasteiger partial charge in [0.1, 0.15) is 0 Å². The first kappa shape index (κ1) is 13.5. The van der Waals surface area contributed by atoms with Gasteiger partial charge in [0.25, 0.3) is 0 Å². The van der Waals surface area contributed by atoms with Crippen molar-refractivity contribution in [3.63, 3.8) is 0 Å². The Hall–Kier alpha value is -0.970. The Bertz CT molecular complexity index is 423. The summed E-state index contributed by atoms with van der Waals surface area (Å²) >= 11 is 6.10. The SMILES string of the molecule is CC(O)CC(C)NCc1cc(Cl)c2c(c1)OCO2. The third-order valence-electron chi connectivity index (χ3n) is 2.84. The van der Waals surface area contributed by atoms with Crippen LogP contribution in [0, 0.1) is 0 Å². The van der Waals surface area contributed by atoms with E-state index in [2.05, 4.69) is 5.32 Å². The lowest BCUT2D eigenvalue weighted by atomic mass is 10.1. The molecule has 4 nitrogen and oxygen atoms in total. The number of fused-ring (bicyclic) bond motifs is 1. The lowest BCUT2D eigenvalue weighted by Gasteiger charge is -2.15. The van der Waals surface area contributed by atoms with Crippen molar-refractivity contribution in [2.24, 2.45) is 0 Å². The highest BCUT2D eigenvalue weighted by Gasteiger charge is 2.18. The molecule has 1 aliphatic rings. The van der Waals surface area contributed by atoms with Crippen LogP contribution in [-0.4, -0.2) is 24.0 Å². The third-order valence-corrected chi connectivity index (χ3v) is 3.12. The molecule has 2 unspecified atom stereocenters. The Labute approximate surface area is 112 Å². The number of hydrogen-bond acceptors (Lipinski definition) is 4. The highest BCUT2D eigenvalue weighted by molar-refractivity contribution is 6.32. The van der Waals surface area contributed by atoms with Gasteiger partial charge in [-0.2, -0.15) is 0 Å². The zero-order valence-corrected chi connectivity index (χ0v) is 11.3. The normalized spacial score (nSPS) is 16.7. The number of aliphatic hydroxyl groups excluding tert-OH is 1. The first-order valence-electron chi connectivity index (χ1n) is 6.05. The molecule has 0 aromatic heterocycles. The van der Waals surface area contributed by atoms with Crippen molar-refractivity contribution >= 4 is 11.6 Å². The predicted octanol–water partition coefficient (Wildman–Crippen LogP) is 2.32. The molecule has 0 amide bonds. The van der Waals surface area contributed by atoms with Gasteiger partial charge in [-0.25, -0.2) is 0 Å². The molecule has 0 bridgehead atoms. The van der Waals surface area contributed by atoms with Gasteiger partial charge in [0.15, 0.2) is 11.5 Å². The van der Waals surface area contributed by atoms with Gasteiger partial charge >= 0.3 is 0 Å². The second kappa shape index (κ2) is 5.78. The summed E-state index contributed by atoms with van der Waals surface area (Å²) in [5.41, 5.74) is 1.04. The lowest BCUT2D eigenvalue weighted by molar-refractivity contribution is 0.170.